The molecule has 0 atom stereocenters. The smallest absolute Gasteiger partial charge is 0.258 e. The maximum absolute atomic E-state index is 12.1. The molecule has 0 radical (unpaired) electrons. The molecule has 0 bridgehead atoms. The summed E-state index contributed by atoms with van der Waals surface area (Å²) in [5.74, 6) is 1.65. The second kappa shape index (κ2) is 6.45. The van der Waals surface area contributed by atoms with Gasteiger partial charge in [0.2, 0.25) is 0 Å². The predicted molar refractivity (Wildman–Crippen MR) is 90.6 cm³/mol. The van der Waals surface area contributed by atoms with Gasteiger partial charge in [-0.05, 0) is 33.6 Å². The lowest BCUT2D eigenvalue weighted by Crippen LogP contribution is -2.15. The summed E-state index contributed by atoms with van der Waals surface area (Å²) >= 11 is 5.12. The summed E-state index contributed by atoms with van der Waals surface area (Å²) in [6, 6.07) is 15.6. The van der Waals surface area contributed by atoms with Crippen molar-refractivity contribution in [2.24, 2.45) is 0 Å². The zero-order chi connectivity index (χ0) is 14.7. The number of hydrogen-bond donors (Lipinski definition) is 0. The van der Waals surface area contributed by atoms with Gasteiger partial charge < -0.3 is 0 Å². The van der Waals surface area contributed by atoms with Crippen LogP contribution in [0, 0.1) is 0 Å². The van der Waals surface area contributed by atoms with Crippen molar-refractivity contribution in [1.82, 2.24) is 9.38 Å². The molecular weight excluding hydrogens is 348 g/mol. The minimum absolute atomic E-state index is 0.0448. The van der Waals surface area contributed by atoms with Gasteiger partial charge in [-0.25, -0.2) is 4.98 Å². The third kappa shape index (κ3) is 3.54. The highest BCUT2D eigenvalue weighted by molar-refractivity contribution is 9.10. The molecule has 0 aliphatic heterocycles. The number of aromatic nitrogens is 2. The van der Waals surface area contributed by atoms with Crippen molar-refractivity contribution in [3.8, 4) is 0 Å². The number of fused-ring (bicyclic) bond motifs is 1. The van der Waals surface area contributed by atoms with Crippen LogP contribution in [0.1, 0.15) is 11.3 Å². The van der Waals surface area contributed by atoms with Gasteiger partial charge in [-0.3, -0.25) is 9.20 Å². The monoisotopic (exact) mass is 360 g/mol. The maximum atomic E-state index is 12.1. The first-order valence-corrected chi connectivity index (χ1v) is 8.47. The van der Waals surface area contributed by atoms with Gasteiger partial charge in [0.25, 0.3) is 5.56 Å². The van der Waals surface area contributed by atoms with Gasteiger partial charge in [-0.15, -0.1) is 0 Å². The van der Waals surface area contributed by atoms with E-state index >= 15 is 0 Å². The van der Waals surface area contributed by atoms with Crippen LogP contribution >= 0.6 is 27.7 Å². The van der Waals surface area contributed by atoms with Crippen LogP contribution < -0.4 is 5.56 Å². The van der Waals surface area contributed by atoms with Crippen LogP contribution in [0.2, 0.25) is 0 Å². The lowest BCUT2D eigenvalue weighted by atomic mass is 10.2. The summed E-state index contributed by atoms with van der Waals surface area (Å²) in [5, 5.41) is 0. The molecule has 3 aromatic rings. The minimum Gasteiger partial charge on any atom is -0.269 e. The molecule has 21 heavy (non-hydrogen) atoms. The van der Waals surface area contributed by atoms with Crippen molar-refractivity contribution in [3.05, 3.63) is 80.8 Å². The lowest BCUT2D eigenvalue weighted by molar-refractivity contribution is 1.01. The summed E-state index contributed by atoms with van der Waals surface area (Å²) < 4.78 is 2.42. The summed E-state index contributed by atoms with van der Waals surface area (Å²) in [4.78, 5) is 16.6. The molecule has 0 saturated heterocycles. The minimum atomic E-state index is -0.0448. The molecule has 0 N–H and O–H groups in total. The van der Waals surface area contributed by atoms with Crippen LogP contribution in [0.5, 0.6) is 0 Å². The van der Waals surface area contributed by atoms with E-state index in [-0.39, 0.29) is 5.56 Å². The number of hydrogen-bond acceptors (Lipinski definition) is 3. The molecule has 0 spiro atoms. The van der Waals surface area contributed by atoms with Gasteiger partial charge in [0, 0.05) is 28.2 Å². The van der Waals surface area contributed by atoms with Crippen LogP contribution in [0.25, 0.3) is 5.65 Å². The van der Waals surface area contributed by atoms with Crippen molar-refractivity contribution in [2.75, 3.05) is 0 Å². The van der Waals surface area contributed by atoms with E-state index in [1.807, 2.05) is 30.3 Å². The number of halogens is 1. The highest BCUT2D eigenvalue weighted by Crippen LogP contribution is 2.17. The first kappa shape index (κ1) is 14.4. The van der Waals surface area contributed by atoms with Gasteiger partial charge in [0.05, 0.1) is 5.69 Å². The lowest BCUT2D eigenvalue weighted by Gasteiger charge is -2.05. The van der Waals surface area contributed by atoms with Gasteiger partial charge >= 0.3 is 0 Å². The average molecular weight is 361 g/mol. The molecule has 2 aromatic heterocycles. The molecule has 5 heteroatoms. The first-order chi connectivity index (χ1) is 10.2. The van der Waals surface area contributed by atoms with Crippen LogP contribution in [0.3, 0.4) is 0 Å². The second-order valence-electron chi connectivity index (χ2n) is 4.64. The fourth-order valence-corrected chi connectivity index (χ4v) is 3.27. The number of thioether (sulfide) groups is 1. The largest absolute Gasteiger partial charge is 0.269 e. The number of benzene rings is 1. The highest BCUT2D eigenvalue weighted by Gasteiger charge is 2.03. The number of pyridine rings is 1. The Bertz CT molecular complexity index is 817. The Kier molecular flexibility index (Phi) is 4.41. The second-order valence-corrected chi connectivity index (χ2v) is 6.54. The van der Waals surface area contributed by atoms with Crippen molar-refractivity contribution < 1.29 is 0 Å². The Balaban J connectivity index is 1.76. The Morgan fingerprint density at radius 3 is 2.71 bits per heavy atom. The van der Waals surface area contributed by atoms with Crippen molar-refractivity contribution in [1.29, 1.82) is 0 Å². The zero-order valence-electron chi connectivity index (χ0n) is 11.2. The van der Waals surface area contributed by atoms with E-state index in [1.165, 1.54) is 5.56 Å². The quantitative estimate of drug-likeness (QED) is 0.707. The molecule has 106 valence electrons. The van der Waals surface area contributed by atoms with Gasteiger partial charge in [0.15, 0.2) is 0 Å². The molecule has 0 aliphatic rings. The maximum Gasteiger partial charge on any atom is 0.258 e. The SMILES string of the molecule is O=c1cc(CSCc2ccccc2)nc2ccc(Br)cn12. The molecule has 1 aromatic carbocycles. The predicted octanol–water partition coefficient (Wildman–Crippen LogP) is 3.89. The van der Waals surface area contributed by atoms with E-state index in [0.717, 1.165) is 21.7 Å². The summed E-state index contributed by atoms with van der Waals surface area (Å²) in [7, 11) is 0. The fraction of sp³-hybridized carbons (Fsp3) is 0.125. The fourth-order valence-electron chi connectivity index (χ4n) is 2.05. The molecule has 0 fully saturated rings. The summed E-state index contributed by atoms with van der Waals surface area (Å²) in [6.45, 7) is 0. The Morgan fingerprint density at radius 1 is 1.10 bits per heavy atom. The topological polar surface area (TPSA) is 34.4 Å². The van der Waals surface area contributed by atoms with E-state index in [2.05, 4.69) is 33.0 Å². The Labute approximate surface area is 135 Å². The van der Waals surface area contributed by atoms with E-state index < -0.39 is 0 Å². The van der Waals surface area contributed by atoms with Gasteiger partial charge in [-0.2, -0.15) is 11.8 Å². The van der Waals surface area contributed by atoms with E-state index in [1.54, 1.807) is 28.4 Å². The third-order valence-electron chi connectivity index (χ3n) is 3.04. The average Bonchev–Trinajstić information content (AvgIpc) is 2.49. The molecular formula is C16H13BrN2OS. The molecule has 0 aliphatic carbocycles. The molecule has 0 saturated carbocycles. The molecule has 0 amide bonds. The van der Waals surface area contributed by atoms with Gasteiger partial charge in [0.1, 0.15) is 5.65 Å². The standard InChI is InChI=1S/C16H13BrN2OS/c17-13-6-7-15-18-14(8-16(20)19(15)9-13)11-21-10-12-4-2-1-3-5-12/h1-9H,10-11H2. The summed E-state index contributed by atoms with van der Waals surface area (Å²) in [5.41, 5.74) is 2.74. The van der Waals surface area contributed by atoms with E-state index in [0.29, 0.717) is 5.65 Å². The van der Waals surface area contributed by atoms with E-state index in [9.17, 15) is 4.79 Å². The molecule has 0 unspecified atom stereocenters. The normalized spacial score (nSPS) is 10.9. The summed E-state index contributed by atoms with van der Waals surface area (Å²) in [6.07, 6.45) is 1.74. The van der Waals surface area contributed by atoms with Crippen molar-refractivity contribution in [3.63, 3.8) is 0 Å². The van der Waals surface area contributed by atoms with Crippen molar-refractivity contribution >= 4 is 33.3 Å². The first-order valence-electron chi connectivity index (χ1n) is 6.52. The molecule has 3 nitrogen and oxygen atoms in total. The highest BCUT2D eigenvalue weighted by atomic mass is 79.9. The van der Waals surface area contributed by atoms with E-state index in [4.69, 9.17) is 0 Å². The third-order valence-corrected chi connectivity index (χ3v) is 4.54. The number of rotatable bonds is 4. The van der Waals surface area contributed by atoms with Crippen LogP contribution in [-0.4, -0.2) is 9.38 Å². The zero-order valence-corrected chi connectivity index (χ0v) is 13.6. The molecule has 2 heterocycles. The van der Waals surface area contributed by atoms with Crippen LogP contribution in [0.15, 0.2) is 64.0 Å². The Morgan fingerprint density at radius 2 is 1.90 bits per heavy atom. The van der Waals surface area contributed by atoms with Crippen LogP contribution in [-0.2, 0) is 11.5 Å². The van der Waals surface area contributed by atoms with Gasteiger partial charge in [-0.1, -0.05) is 30.3 Å². The Hall–Kier alpha value is -1.59. The number of nitrogens with zero attached hydrogens (tertiary/aromatic N) is 2. The van der Waals surface area contributed by atoms with Crippen molar-refractivity contribution in [2.45, 2.75) is 11.5 Å². The molecule has 3 rings (SSSR count). The van der Waals surface area contributed by atoms with Crippen LogP contribution in [0.4, 0.5) is 0 Å².